The molecule has 1 aromatic carbocycles. The zero-order valence-corrected chi connectivity index (χ0v) is 12.7. The van der Waals surface area contributed by atoms with Crippen molar-refractivity contribution in [2.45, 2.75) is 11.4 Å². The molecule has 0 aliphatic carbocycles. The van der Waals surface area contributed by atoms with E-state index in [2.05, 4.69) is 0 Å². The van der Waals surface area contributed by atoms with Crippen LogP contribution in [0.3, 0.4) is 0 Å². The van der Waals surface area contributed by atoms with Gasteiger partial charge < -0.3 is 15.6 Å². The van der Waals surface area contributed by atoms with Crippen molar-refractivity contribution in [1.29, 1.82) is 5.26 Å². The van der Waals surface area contributed by atoms with Crippen molar-refractivity contribution in [1.82, 2.24) is 4.90 Å². The van der Waals surface area contributed by atoms with E-state index in [1.807, 2.05) is 6.07 Å². The van der Waals surface area contributed by atoms with E-state index in [1.54, 1.807) is 24.3 Å². The fourth-order valence-electron chi connectivity index (χ4n) is 2.52. The van der Waals surface area contributed by atoms with Gasteiger partial charge in [0.25, 0.3) is 0 Å². The number of nitriles is 1. The summed E-state index contributed by atoms with van der Waals surface area (Å²) in [6.07, 6.45) is 0. The molecule has 1 saturated heterocycles. The number of nitrogens with zero attached hydrogens (tertiary/aromatic N) is 2. The summed E-state index contributed by atoms with van der Waals surface area (Å²) in [6.45, 7) is 0.0370. The molecule has 1 unspecified atom stereocenters. The van der Waals surface area contributed by atoms with Gasteiger partial charge in [-0.2, -0.15) is 5.26 Å². The lowest BCUT2D eigenvalue weighted by atomic mass is 10.0. The highest BCUT2D eigenvalue weighted by atomic mass is 32.2. The van der Waals surface area contributed by atoms with E-state index < -0.39 is 12.0 Å². The molecular weight excluding hydrogens is 318 g/mol. The van der Waals surface area contributed by atoms with Crippen molar-refractivity contribution in [2.24, 2.45) is 5.73 Å². The first-order valence-corrected chi connectivity index (χ1v) is 7.86. The first kappa shape index (κ1) is 15.4. The highest BCUT2D eigenvalue weighted by molar-refractivity contribution is 8.00. The number of fused-ring (bicyclic) bond motifs is 1. The van der Waals surface area contributed by atoms with Crippen LogP contribution in [0, 0.1) is 11.3 Å². The van der Waals surface area contributed by atoms with E-state index in [0.29, 0.717) is 22.6 Å². The maximum absolute atomic E-state index is 11.8. The van der Waals surface area contributed by atoms with E-state index in [4.69, 9.17) is 15.7 Å². The van der Waals surface area contributed by atoms with Crippen LogP contribution < -0.4 is 10.5 Å². The van der Waals surface area contributed by atoms with Crippen LogP contribution >= 0.6 is 11.8 Å². The Bertz CT molecular complexity index is 755. The van der Waals surface area contributed by atoms with Gasteiger partial charge >= 0.3 is 5.97 Å². The van der Waals surface area contributed by atoms with Gasteiger partial charge in [-0.15, -0.1) is 11.8 Å². The Hall–Kier alpha value is -2.50. The van der Waals surface area contributed by atoms with Gasteiger partial charge in [-0.25, -0.2) is 4.79 Å². The average molecular weight is 331 g/mol. The van der Waals surface area contributed by atoms with E-state index in [1.165, 1.54) is 16.7 Å². The third-order valence-electron chi connectivity index (χ3n) is 3.67. The number of aliphatic carboxylic acids is 1. The van der Waals surface area contributed by atoms with Crippen LogP contribution in [0.1, 0.15) is 5.56 Å². The third kappa shape index (κ3) is 2.65. The molecule has 118 valence electrons. The third-order valence-corrected chi connectivity index (χ3v) is 5.03. The summed E-state index contributed by atoms with van der Waals surface area (Å²) in [5.74, 6) is -0.648. The molecule has 23 heavy (non-hydrogen) atoms. The molecular formula is C15H13N3O4S. The van der Waals surface area contributed by atoms with Crippen LogP contribution in [0.5, 0.6) is 5.75 Å². The molecule has 1 fully saturated rings. The second-order valence-electron chi connectivity index (χ2n) is 5.12. The Morgan fingerprint density at radius 2 is 2.35 bits per heavy atom. The minimum atomic E-state index is -1.17. The molecule has 0 saturated carbocycles. The SMILES string of the molecule is N#Cc1cccc(OCC2=C(C(=O)O)N3C(=O)C(N)[C@@H]3SC2)c1. The summed E-state index contributed by atoms with van der Waals surface area (Å²) in [5, 5.41) is 18.0. The molecule has 1 amide bonds. The fourth-order valence-corrected chi connectivity index (χ4v) is 3.79. The van der Waals surface area contributed by atoms with Gasteiger partial charge in [-0.05, 0) is 18.2 Å². The van der Waals surface area contributed by atoms with Gasteiger partial charge in [0.15, 0.2) is 0 Å². The van der Waals surface area contributed by atoms with E-state index in [-0.39, 0.29) is 23.6 Å². The summed E-state index contributed by atoms with van der Waals surface area (Å²) in [7, 11) is 0. The molecule has 3 rings (SSSR count). The van der Waals surface area contributed by atoms with Crippen LogP contribution in [0.2, 0.25) is 0 Å². The topological polar surface area (TPSA) is 117 Å². The molecule has 0 radical (unpaired) electrons. The Morgan fingerprint density at radius 1 is 1.57 bits per heavy atom. The summed E-state index contributed by atoms with van der Waals surface area (Å²) in [6, 6.07) is 7.95. The van der Waals surface area contributed by atoms with Crippen LogP contribution in [-0.2, 0) is 9.59 Å². The van der Waals surface area contributed by atoms with Gasteiger partial charge in [0.1, 0.15) is 29.5 Å². The van der Waals surface area contributed by atoms with Crippen LogP contribution in [-0.4, -0.2) is 45.7 Å². The lowest BCUT2D eigenvalue weighted by Crippen LogP contribution is -2.68. The van der Waals surface area contributed by atoms with Crippen LogP contribution in [0.25, 0.3) is 0 Å². The molecule has 1 aromatic rings. The molecule has 0 aromatic heterocycles. The number of amides is 1. The molecule has 7 nitrogen and oxygen atoms in total. The summed E-state index contributed by atoms with van der Waals surface area (Å²) >= 11 is 1.42. The number of carbonyl (C=O) groups is 2. The highest BCUT2D eigenvalue weighted by Crippen LogP contribution is 2.39. The first-order chi connectivity index (χ1) is 11.0. The first-order valence-electron chi connectivity index (χ1n) is 6.81. The smallest absolute Gasteiger partial charge is 0.352 e. The van der Waals surface area contributed by atoms with Crippen molar-refractivity contribution < 1.29 is 19.4 Å². The molecule has 2 atom stereocenters. The van der Waals surface area contributed by atoms with Gasteiger partial charge in [-0.3, -0.25) is 9.69 Å². The number of hydrogen-bond acceptors (Lipinski definition) is 6. The zero-order valence-electron chi connectivity index (χ0n) is 11.9. The average Bonchev–Trinajstić information content (AvgIpc) is 2.58. The van der Waals surface area contributed by atoms with Gasteiger partial charge in [0.05, 0.1) is 11.6 Å². The summed E-state index contributed by atoms with van der Waals surface area (Å²) in [4.78, 5) is 24.6. The van der Waals surface area contributed by atoms with Gasteiger partial charge in [0, 0.05) is 11.3 Å². The standard InChI is InChI=1S/C15H13N3O4S/c16-5-8-2-1-3-10(4-8)22-6-9-7-23-14-11(17)13(19)18(14)12(9)15(20)21/h1-4,11,14H,6-7,17H2,(H,20,21)/t11?,14-/m0/s1. The van der Waals surface area contributed by atoms with E-state index >= 15 is 0 Å². The van der Waals surface area contributed by atoms with E-state index in [9.17, 15) is 14.7 Å². The number of nitrogens with two attached hydrogens (primary N) is 1. The van der Waals surface area contributed by atoms with Crippen molar-refractivity contribution in [2.75, 3.05) is 12.4 Å². The van der Waals surface area contributed by atoms with Gasteiger partial charge in [-0.1, -0.05) is 6.07 Å². The molecule has 2 heterocycles. The van der Waals surface area contributed by atoms with Crippen molar-refractivity contribution in [3.63, 3.8) is 0 Å². The number of carbonyl (C=O) groups excluding carboxylic acids is 1. The molecule has 2 aliphatic heterocycles. The quantitative estimate of drug-likeness (QED) is 0.772. The predicted molar refractivity (Wildman–Crippen MR) is 82.4 cm³/mol. The Balaban J connectivity index is 1.81. The lowest BCUT2D eigenvalue weighted by Gasteiger charge is -2.47. The fraction of sp³-hybridized carbons (Fsp3) is 0.267. The van der Waals surface area contributed by atoms with Crippen LogP contribution in [0.4, 0.5) is 0 Å². The van der Waals surface area contributed by atoms with E-state index in [0.717, 1.165) is 0 Å². The number of carboxylic acids is 1. The lowest BCUT2D eigenvalue weighted by molar-refractivity contribution is -0.148. The predicted octanol–water partition coefficient (Wildman–Crippen LogP) is 0.518. The summed E-state index contributed by atoms with van der Waals surface area (Å²) in [5.41, 5.74) is 6.62. The highest BCUT2D eigenvalue weighted by Gasteiger charge is 2.51. The number of thioether (sulfide) groups is 1. The zero-order chi connectivity index (χ0) is 16.6. The number of hydrogen-bond donors (Lipinski definition) is 2. The molecule has 2 aliphatic rings. The van der Waals surface area contributed by atoms with Crippen molar-refractivity contribution in [3.05, 3.63) is 41.1 Å². The van der Waals surface area contributed by atoms with Gasteiger partial charge in [0.2, 0.25) is 5.91 Å². The molecule has 0 bridgehead atoms. The molecule has 3 N–H and O–H groups in total. The van der Waals surface area contributed by atoms with Crippen molar-refractivity contribution >= 4 is 23.6 Å². The largest absolute Gasteiger partial charge is 0.489 e. The van der Waals surface area contributed by atoms with Crippen molar-refractivity contribution in [3.8, 4) is 11.8 Å². The number of ether oxygens (including phenoxy) is 1. The second kappa shape index (κ2) is 5.95. The maximum atomic E-state index is 11.8. The Morgan fingerprint density at radius 3 is 3.04 bits per heavy atom. The monoisotopic (exact) mass is 331 g/mol. The second-order valence-corrected chi connectivity index (χ2v) is 6.23. The Kier molecular flexibility index (Phi) is 3.98. The number of carboxylic acid groups (broad SMARTS) is 1. The molecule has 0 spiro atoms. The minimum Gasteiger partial charge on any atom is -0.489 e. The maximum Gasteiger partial charge on any atom is 0.352 e. The number of rotatable bonds is 4. The number of β-lactam (4-membered cyclic amide) rings is 1. The molecule has 8 heteroatoms. The normalized spacial score (nSPS) is 23.0. The van der Waals surface area contributed by atoms with Crippen LogP contribution in [0.15, 0.2) is 35.5 Å². The Labute approximate surface area is 136 Å². The number of benzene rings is 1. The minimum absolute atomic E-state index is 0.0370. The summed E-state index contributed by atoms with van der Waals surface area (Å²) < 4.78 is 5.58.